The molecular formula is C19H27N7O2. The van der Waals surface area contributed by atoms with Crippen LogP contribution in [0.15, 0.2) is 36.7 Å². The number of hydrogen-bond acceptors (Lipinski definition) is 8. The van der Waals surface area contributed by atoms with E-state index in [-0.39, 0.29) is 34.4 Å². The maximum Gasteiger partial charge on any atom is 0.354 e. The van der Waals surface area contributed by atoms with Gasteiger partial charge in [0.25, 0.3) is 0 Å². The van der Waals surface area contributed by atoms with Gasteiger partial charge in [0.2, 0.25) is 11.6 Å². The van der Waals surface area contributed by atoms with Crippen molar-refractivity contribution >= 4 is 23.0 Å². The van der Waals surface area contributed by atoms with E-state index < -0.39 is 4.92 Å². The van der Waals surface area contributed by atoms with Crippen LogP contribution in [0.4, 0.5) is 23.0 Å². The molecule has 0 saturated carbocycles. The molecule has 0 spiro atoms. The third kappa shape index (κ3) is 4.86. The lowest BCUT2D eigenvalue weighted by Gasteiger charge is -2.46. The number of anilines is 3. The van der Waals surface area contributed by atoms with Crippen LogP contribution in [0, 0.1) is 10.1 Å². The van der Waals surface area contributed by atoms with Crippen molar-refractivity contribution < 1.29 is 4.92 Å². The lowest BCUT2D eigenvalue weighted by Crippen LogP contribution is -2.60. The first-order chi connectivity index (χ1) is 13.2. The summed E-state index contributed by atoms with van der Waals surface area (Å²) in [6.45, 7) is 8.53. The number of aromatic nitrogens is 2. The highest BCUT2D eigenvalue weighted by molar-refractivity contribution is 5.70. The summed E-state index contributed by atoms with van der Waals surface area (Å²) in [7, 11) is 0. The van der Waals surface area contributed by atoms with Crippen molar-refractivity contribution in [3.63, 3.8) is 0 Å². The molecule has 1 aromatic heterocycles. The van der Waals surface area contributed by atoms with Crippen molar-refractivity contribution in [1.82, 2.24) is 15.3 Å². The van der Waals surface area contributed by atoms with E-state index in [9.17, 15) is 10.1 Å². The van der Waals surface area contributed by atoms with Gasteiger partial charge in [-0.3, -0.25) is 21.0 Å². The van der Waals surface area contributed by atoms with Crippen molar-refractivity contribution in [2.75, 3.05) is 16.2 Å². The van der Waals surface area contributed by atoms with Crippen molar-refractivity contribution in [3.8, 4) is 0 Å². The number of nitrogens with zero attached hydrogens (tertiary/aromatic N) is 3. The second-order valence-electron chi connectivity index (χ2n) is 8.43. The summed E-state index contributed by atoms with van der Waals surface area (Å²) in [6.07, 6.45) is 2.97. The van der Waals surface area contributed by atoms with Crippen LogP contribution in [0.25, 0.3) is 0 Å². The van der Waals surface area contributed by atoms with Gasteiger partial charge in [0.1, 0.15) is 6.33 Å². The van der Waals surface area contributed by atoms with Crippen molar-refractivity contribution in [3.05, 3.63) is 46.8 Å². The molecule has 28 heavy (non-hydrogen) atoms. The highest BCUT2D eigenvalue weighted by atomic mass is 16.6. The maximum absolute atomic E-state index is 11.8. The summed E-state index contributed by atoms with van der Waals surface area (Å²) in [5, 5.41) is 18.6. The van der Waals surface area contributed by atoms with Crippen LogP contribution in [0.1, 0.15) is 40.5 Å². The Labute approximate surface area is 164 Å². The van der Waals surface area contributed by atoms with E-state index in [4.69, 9.17) is 0 Å². The van der Waals surface area contributed by atoms with Gasteiger partial charge in [-0.2, -0.15) is 0 Å². The predicted molar refractivity (Wildman–Crippen MR) is 110 cm³/mol. The molecule has 0 aliphatic carbocycles. The quantitative estimate of drug-likeness (QED) is 0.441. The lowest BCUT2D eigenvalue weighted by atomic mass is 9.79. The summed E-state index contributed by atoms with van der Waals surface area (Å²) in [5.74, 6) is 0.328. The normalized spacial score (nSPS) is 18.3. The zero-order valence-corrected chi connectivity index (χ0v) is 16.6. The standard InChI is InChI=1S/C19H27N7O2/c1-18(2)10-14(11-19(3,4)25-18)22-16-15(26(27)28)17(21-12-20-16)24-23-13-8-6-5-7-9-13/h5-9,12,14,23,25H,10-11H2,1-4H3,(H2,20,21,22,24). The van der Waals surface area contributed by atoms with E-state index in [1.807, 2.05) is 30.3 Å². The molecule has 2 heterocycles. The molecule has 0 amide bonds. The molecule has 3 rings (SSSR count). The monoisotopic (exact) mass is 385 g/mol. The van der Waals surface area contributed by atoms with Gasteiger partial charge >= 0.3 is 5.69 Å². The van der Waals surface area contributed by atoms with Crippen LogP contribution in [-0.2, 0) is 0 Å². The van der Waals surface area contributed by atoms with Gasteiger partial charge in [-0.05, 0) is 52.7 Å². The minimum atomic E-state index is -0.464. The first-order valence-electron chi connectivity index (χ1n) is 9.28. The number of hydrazine groups is 1. The zero-order chi connectivity index (χ0) is 20.4. The molecule has 2 aromatic rings. The average Bonchev–Trinajstić information content (AvgIpc) is 2.58. The number of rotatable bonds is 6. The molecule has 0 atom stereocenters. The van der Waals surface area contributed by atoms with Gasteiger partial charge in [0, 0.05) is 17.1 Å². The number of para-hydroxylation sites is 1. The van der Waals surface area contributed by atoms with Gasteiger partial charge in [0.15, 0.2) is 0 Å². The topological polar surface area (TPSA) is 117 Å². The third-order valence-corrected chi connectivity index (χ3v) is 4.63. The molecule has 1 fully saturated rings. The Bertz CT molecular complexity index is 823. The minimum Gasteiger partial charge on any atom is -0.361 e. The molecule has 9 nitrogen and oxygen atoms in total. The number of nitro groups is 1. The summed E-state index contributed by atoms with van der Waals surface area (Å²) >= 11 is 0. The second kappa shape index (κ2) is 7.59. The van der Waals surface area contributed by atoms with E-state index in [0.29, 0.717) is 0 Å². The zero-order valence-electron chi connectivity index (χ0n) is 16.6. The van der Waals surface area contributed by atoms with Crippen LogP contribution in [0.2, 0.25) is 0 Å². The van der Waals surface area contributed by atoms with Gasteiger partial charge in [0.05, 0.1) is 10.6 Å². The van der Waals surface area contributed by atoms with Crippen molar-refractivity contribution in [1.29, 1.82) is 0 Å². The second-order valence-corrected chi connectivity index (χ2v) is 8.43. The Morgan fingerprint density at radius 3 is 2.25 bits per heavy atom. The van der Waals surface area contributed by atoms with E-state index in [1.54, 1.807) is 0 Å². The Kier molecular flexibility index (Phi) is 5.37. The summed E-state index contributed by atoms with van der Waals surface area (Å²) in [4.78, 5) is 19.5. The lowest BCUT2D eigenvalue weighted by molar-refractivity contribution is -0.383. The molecule has 1 aromatic carbocycles. The largest absolute Gasteiger partial charge is 0.361 e. The smallest absolute Gasteiger partial charge is 0.354 e. The Morgan fingerprint density at radius 1 is 1.04 bits per heavy atom. The summed E-state index contributed by atoms with van der Waals surface area (Å²) < 4.78 is 0. The molecule has 1 aliphatic rings. The van der Waals surface area contributed by atoms with Crippen LogP contribution < -0.4 is 21.5 Å². The Morgan fingerprint density at radius 2 is 1.64 bits per heavy atom. The van der Waals surface area contributed by atoms with E-state index >= 15 is 0 Å². The molecule has 1 aliphatic heterocycles. The minimum absolute atomic E-state index is 0.0507. The first kappa shape index (κ1) is 19.8. The highest BCUT2D eigenvalue weighted by Crippen LogP contribution is 2.34. The van der Waals surface area contributed by atoms with Crippen LogP contribution in [0.3, 0.4) is 0 Å². The molecule has 1 saturated heterocycles. The molecule has 0 bridgehead atoms. The Balaban J connectivity index is 1.82. The molecule has 150 valence electrons. The number of nitrogens with one attached hydrogen (secondary N) is 4. The van der Waals surface area contributed by atoms with Crippen molar-refractivity contribution in [2.24, 2.45) is 0 Å². The fourth-order valence-corrected chi connectivity index (χ4v) is 4.02. The van der Waals surface area contributed by atoms with Gasteiger partial charge < -0.3 is 10.6 Å². The van der Waals surface area contributed by atoms with Crippen LogP contribution >= 0.6 is 0 Å². The highest BCUT2D eigenvalue weighted by Gasteiger charge is 2.38. The molecule has 9 heteroatoms. The fraction of sp³-hybridized carbons (Fsp3) is 0.474. The number of hydrogen-bond donors (Lipinski definition) is 4. The number of piperidine rings is 1. The van der Waals surface area contributed by atoms with E-state index in [0.717, 1.165) is 18.5 Å². The molecule has 0 radical (unpaired) electrons. The van der Waals surface area contributed by atoms with Gasteiger partial charge in [-0.25, -0.2) is 9.97 Å². The molecule has 4 N–H and O–H groups in total. The van der Waals surface area contributed by atoms with E-state index in [2.05, 4.69) is 59.1 Å². The predicted octanol–water partition coefficient (Wildman–Crippen LogP) is 3.54. The molecule has 0 unspecified atom stereocenters. The van der Waals surface area contributed by atoms with Gasteiger partial charge in [-0.15, -0.1) is 0 Å². The van der Waals surface area contributed by atoms with Crippen LogP contribution in [-0.4, -0.2) is 32.0 Å². The van der Waals surface area contributed by atoms with Crippen molar-refractivity contribution in [2.45, 2.75) is 57.7 Å². The maximum atomic E-state index is 11.8. The van der Waals surface area contributed by atoms with Gasteiger partial charge in [-0.1, -0.05) is 18.2 Å². The fourth-order valence-electron chi connectivity index (χ4n) is 4.02. The Hall–Kier alpha value is -2.94. The summed E-state index contributed by atoms with van der Waals surface area (Å²) in [6, 6.07) is 9.37. The van der Waals surface area contributed by atoms with E-state index in [1.165, 1.54) is 6.33 Å². The SMILES string of the molecule is CC1(C)CC(Nc2ncnc(NNc3ccccc3)c2[N+](=O)[O-])CC(C)(C)N1. The first-order valence-corrected chi connectivity index (χ1v) is 9.28. The number of benzene rings is 1. The molecular weight excluding hydrogens is 358 g/mol. The summed E-state index contributed by atoms with van der Waals surface area (Å²) in [5.41, 5.74) is 6.17. The van der Waals surface area contributed by atoms with Crippen LogP contribution in [0.5, 0.6) is 0 Å². The average molecular weight is 385 g/mol. The third-order valence-electron chi connectivity index (χ3n) is 4.63.